The molecule has 1 atom stereocenters. The van der Waals surface area contributed by atoms with Gasteiger partial charge in [0, 0.05) is 12.5 Å². The molecule has 18 heavy (non-hydrogen) atoms. The fourth-order valence-corrected chi connectivity index (χ4v) is 2.63. The van der Waals surface area contributed by atoms with Crippen LogP contribution in [0.1, 0.15) is 17.4 Å². The van der Waals surface area contributed by atoms with Gasteiger partial charge in [-0.1, -0.05) is 11.6 Å². The summed E-state index contributed by atoms with van der Waals surface area (Å²) in [5.74, 6) is 0. The first-order valence-electron chi connectivity index (χ1n) is 5.53. The molecular formula is C11H15ClN4OS. The maximum absolute atomic E-state index is 6.23. The molecule has 1 unspecified atom stereocenters. The van der Waals surface area contributed by atoms with E-state index in [0.29, 0.717) is 18.2 Å². The molecule has 0 spiro atoms. The zero-order chi connectivity index (χ0) is 13.0. The quantitative estimate of drug-likeness (QED) is 0.882. The van der Waals surface area contributed by atoms with Gasteiger partial charge in [-0.05, 0) is 7.05 Å². The summed E-state index contributed by atoms with van der Waals surface area (Å²) in [6.07, 6.45) is 1.66. The van der Waals surface area contributed by atoms with Gasteiger partial charge in [0.15, 0.2) is 0 Å². The molecule has 0 saturated heterocycles. The Labute approximate surface area is 115 Å². The number of nitrogens with one attached hydrogen (secondary N) is 1. The predicted octanol–water partition coefficient (Wildman–Crippen LogP) is 1.95. The third kappa shape index (κ3) is 2.72. The van der Waals surface area contributed by atoms with Crippen molar-refractivity contribution in [1.29, 1.82) is 0 Å². The first kappa shape index (κ1) is 13.5. The van der Waals surface area contributed by atoms with Crippen LogP contribution < -0.4 is 5.32 Å². The molecule has 0 saturated carbocycles. The summed E-state index contributed by atoms with van der Waals surface area (Å²) in [5.41, 5.74) is 3.68. The number of aromatic nitrogens is 3. The molecule has 0 aliphatic heterocycles. The zero-order valence-electron chi connectivity index (χ0n) is 10.3. The highest BCUT2D eigenvalue weighted by Gasteiger charge is 2.22. The largest absolute Gasteiger partial charge is 0.383 e. The van der Waals surface area contributed by atoms with E-state index in [1.807, 2.05) is 22.6 Å². The number of ether oxygens (including phenoxy) is 1. The van der Waals surface area contributed by atoms with E-state index in [0.717, 1.165) is 11.4 Å². The second-order valence-electron chi connectivity index (χ2n) is 3.73. The molecule has 2 rings (SSSR count). The van der Waals surface area contributed by atoms with E-state index >= 15 is 0 Å². The smallest absolute Gasteiger partial charge is 0.0943 e. The number of thiazole rings is 1. The van der Waals surface area contributed by atoms with Crippen molar-refractivity contribution in [2.24, 2.45) is 0 Å². The Morgan fingerprint density at radius 1 is 1.61 bits per heavy atom. The maximum atomic E-state index is 6.23. The van der Waals surface area contributed by atoms with Crippen LogP contribution in [-0.2, 0) is 11.3 Å². The van der Waals surface area contributed by atoms with Gasteiger partial charge in [-0.3, -0.25) is 4.68 Å². The van der Waals surface area contributed by atoms with Gasteiger partial charge in [0.2, 0.25) is 0 Å². The molecule has 7 heteroatoms. The van der Waals surface area contributed by atoms with E-state index in [1.165, 1.54) is 0 Å². The lowest BCUT2D eigenvalue weighted by Gasteiger charge is -2.16. The molecule has 0 aliphatic carbocycles. The third-order valence-corrected chi connectivity index (χ3v) is 3.55. The summed E-state index contributed by atoms with van der Waals surface area (Å²) in [5, 5.41) is 10.1. The Morgan fingerprint density at radius 3 is 3.06 bits per heavy atom. The van der Waals surface area contributed by atoms with Crippen molar-refractivity contribution in [1.82, 2.24) is 20.1 Å². The van der Waals surface area contributed by atoms with Crippen LogP contribution in [0.15, 0.2) is 17.1 Å². The first-order chi connectivity index (χ1) is 8.77. The molecule has 0 radical (unpaired) electrons. The molecule has 1 N–H and O–H groups in total. The van der Waals surface area contributed by atoms with E-state index in [-0.39, 0.29) is 6.04 Å². The SMILES string of the molecule is CNC(c1cscn1)c1c(Cl)cnn1CCOC. The van der Waals surface area contributed by atoms with Crippen molar-refractivity contribution < 1.29 is 4.74 Å². The maximum Gasteiger partial charge on any atom is 0.0943 e. The normalized spacial score (nSPS) is 12.8. The van der Waals surface area contributed by atoms with Crippen LogP contribution in [0.2, 0.25) is 5.02 Å². The molecule has 2 aromatic heterocycles. The lowest BCUT2D eigenvalue weighted by molar-refractivity contribution is 0.182. The number of hydrogen-bond donors (Lipinski definition) is 1. The molecule has 0 aromatic carbocycles. The van der Waals surface area contributed by atoms with E-state index in [1.54, 1.807) is 24.6 Å². The second-order valence-corrected chi connectivity index (χ2v) is 4.85. The molecule has 0 amide bonds. The highest BCUT2D eigenvalue weighted by Crippen LogP contribution is 2.27. The highest BCUT2D eigenvalue weighted by molar-refractivity contribution is 7.07. The third-order valence-electron chi connectivity index (χ3n) is 2.65. The Morgan fingerprint density at radius 2 is 2.44 bits per heavy atom. The standard InChI is InChI=1S/C11H15ClN4OS/c1-13-10(9-6-18-7-14-9)11-8(12)5-15-16(11)3-4-17-2/h5-7,10,13H,3-4H2,1-2H3. The van der Waals surface area contributed by atoms with Crippen molar-refractivity contribution in [3.8, 4) is 0 Å². The average molecular weight is 287 g/mol. The molecule has 0 fully saturated rings. The Kier molecular flexibility index (Phi) is 4.71. The fraction of sp³-hybridized carbons (Fsp3) is 0.455. The van der Waals surface area contributed by atoms with Gasteiger partial charge in [-0.25, -0.2) is 4.98 Å². The van der Waals surface area contributed by atoms with Crippen LogP contribution >= 0.6 is 22.9 Å². The monoisotopic (exact) mass is 286 g/mol. The molecule has 5 nitrogen and oxygen atoms in total. The van der Waals surface area contributed by atoms with E-state index in [4.69, 9.17) is 16.3 Å². The van der Waals surface area contributed by atoms with Gasteiger partial charge >= 0.3 is 0 Å². The van der Waals surface area contributed by atoms with Crippen LogP contribution in [0.5, 0.6) is 0 Å². The summed E-state index contributed by atoms with van der Waals surface area (Å²) >= 11 is 7.79. The Balaban J connectivity index is 2.32. The van der Waals surface area contributed by atoms with Crippen molar-refractivity contribution in [2.75, 3.05) is 20.8 Å². The fourth-order valence-electron chi connectivity index (χ4n) is 1.80. The van der Waals surface area contributed by atoms with Gasteiger partial charge in [-0.15, -0.1) is 11.3 Å². The molecule has 2 aromatic rings. The van der Waals surface area contributed by atoms with E-state index < -0.39 is 0 Å². The van der Waals surface area contributed by atoms with Crippen molar-refractivity contribution in [3.63, 3.8) is 0 Å². The lowest BCUT2D eigenvalue weighted by atomic mass is 10.1. The minimum atomic E-state index is -0.0527. The summed E-state index contributed by atoms with van der Waals surface area (Å²) in [4.78, 5) is 4.33. The van der Waals surface area contributed by atoms with Crippen LogP contribution in [0.3, 0.4) is 0 Å². The molecule has 0 bridgehead atoms. The van der Waals surface area contributed by atoms with Crippen LogP contribution in [0.4, 0.5) is 0 Å². The van der Waals surface area contributed by atoms with Crippen LogP contribution in [0, 0.1) is 0 Å². The van der Waals surface area contributed by atoms with Crippen LogP contribution in [0.25, 0.3) is 0 Å². The number of methoxy groups -OCH3 is 1. The van der Waals surface area contributed by atoms with Gasteiger partial charge in [0.25, 0.3) is 0 Å². The van der Waals surface area contributed by atoms with Gasteiger partial charge < -0.3 is 10.1 Å². The average Bonchev–Trinajstić information content (AvgIpc) is 3.00. The summed E-state index contributed by atoms with van der Waals surface area (Å²) < 4.78 is 6.93. The Bertz CT molecular complexity index is 485. The number of hydrogen-bond acceptors (Lipinski definition) is 5. The van der Waals surface area contributed by atoms with Crippen molar-refractivity contribution >= 4 is 22.9 Å². The van der Waals surface area contributed by atoms with Crippen molar-refractivity contribution in [3.05, 3.63) is 33.5 Å². The number of halogens is 1. The topological polar surface area (TPSA) is 52.0 Å². The van der Waals surface area contributed by atoms with Crippen molar-refractivity contribution in [2.45, 2.75) is 12.6 Å². The molecular weight excluding hydrogens is 272 g/mol. The van der Waals surface area contributed by atoms with Crippen LogP contribution in [-0.4, -0.2) is 35.5 Å². The summed E-state index contributed by atoms with van der Waals surface area (Å²) in [7, 11) is 3.55. The van der Waals surface area contributed by atoms with E-state index in [9.17, 15) is 0 Å². The Hall–Kier alpha value is -0.950. The van der Waals surface area contributed by atoms with E-state index in [2.05, 4.69) is 15.4 Å². The lowest BCUT2D eigenvalue weighted by Crippen LogP contribution is -2.23. The second kappa shape index (κ2) is 6.29. The minimum Gasteiger partial charge on any atom is -0.383 e. The molecule has 0 aliphatic rings. The molecule has 98 valence electrons. The summed E-state index contributed by atoms with van der Waals surface area (Å²) in [6.45, 7) is 1.26. The predicted molar refractivity (Wildman–Crippen MR) is 72.1 cm³/mol. The summed E-state index contributed by atoms with van der Waals surface area (Å²) in [6, 6.07) is -0.0527. The van der Waals surface area contributed by atoms with Gasteiger partial charge in [-0.2, -0.15) is 5.10 Å². The zero-order valence-corrected chi connectivity index (χ0v) is 11.8. The number of nitrogens with zero attached hydrogens (tertiary/aromatic N) is 3. The first-order valence-corrected chi connectivity index (χ1v) is 6.85. The van der Waals surface area contributed by atoms with Gasteiger partial charge in [0.1, 0.15) is 0 Å². The number of rotatable bonds is 6. The minimum absolute atomic E-state index is 0.0527. The van der Waals surface area contributed by atoms with Gasteiger partial charge in [0.05, 0.1) is 47.3 Å². The molecule has 2 heterocycles. The highest BCUT2D eigenvalue weighted by atomic mass is 35.5.